The molecule has 0 bridgehead atoms. The summed E-state index contributed by atoms with van der Waals surface area (Å²) in [6.07, 6.45) is 6.41. The van der Waals surface area contributed by atoms with E-state index >= 15 is 0 Å². The Kier molecular flexibility index (Phi) is 8.07. The number of allylic oxidation sites excluding steroid dienone is 1. The van der Waals surface area contributed by atoms with E-state index in [1.165, 1.54) is 70.7 Å². The third-order valence-electron chi connectivity index (χ3n) is 12.9. The molecule has 0 fully saturated rings. The molecule has 4 nitrogen and oxygen atoms in total. The zero-order valence-corrected chi connectivity index (χ0v) is 33.7. The Balaban J connectivity index is 1.03. The van der Waals surface area contributed by atoms with Gasteiger partial charge in [-0.15, -0.1) is 0 Å². The van der Waals surface area contributed by atoms with Gasteiger partial charge in [-0.1, -0.05) is 170 Å². The molecule has 61 heavy (non-hydrogen) atoms. The second-order valence-electron chi connectivity index (χ2n) is 16.4. The van der Waals surface area contributed by atoms with Gasteiger partial charge in [-0.2, -0.15) is 0 Å². The first kappa shape index (κ1) is 35.3. The van der Waals surface area contributed by atoms with E-state index in [0.717, 1.165) is 57.6 Å². The zero-order chi connectivity index (χ0) is 40.6. The largest absolute Gasteiger partial charge is 0.458 e. The van der Waals surface area contributed by atoms with Crippen molar-refractivity contribution in [3.8, 4) is 16.8 Å². The van der Waals surface area contributed by atoms with Crippen LogP contribution in [0.3, 0.4) is 0 Å². The van der Waals surface area contributed by atoms with Crippen molar-refractivity contribution < 1.29 is 4.42 Å². The number of benzene rings is 9. The minimum atomic E-state index is -0.215. The Hall–Kier alpha value is -7.69. The van der Waals surface area contributed by atoms with Crippen molar-refractivity contribution in [1.82, 2.24) is 9.88 Å². The van der Waals surface area contributed by atoms with Crippen LogP contribution in [0.15, 0.2) is 186 Å². The van der Waals surface area contributed by atoms with Gasteiger partial charge in [0.25, 0.3) is 0 Å². The van der Waals surface area contributed by atoms with Gasteiger partial charge in [0.15, 0.2) is 5.58 Å². The fourth-order valence-corrected chi connectivity index (χ4v) is 10.1. The van der Waals surface area contributed by atoms with E-state index in [4.69, 9.17) is 4.42 Å². The van der Waals surface area contributed by atoms with Gasteiger partial charge >= 0.3 is 0 Å². The second kappa shape index (κ2) is 14.0. The number of rotatable bonds is 6. The summed E-state index contributed by atoms with van der Waals surface area (Å²) in [7, 11) is 0. The third-order valence-corrected chi connectivity index (χ3v) is 12.9. The number of furan rings is 1. The molecule has 0 saturated heterocycles. The number of hydrogen-bond acceptors (Lipinski definition) is 2. The molecule has 9 aromatic carbocycles. The first-order valence-corrected chi connectivity index (χ1v) is 21.2. The number of nitrogens with one attached hydrogen (secondary N) is 2. The van der Waals surface area contributed by atoms with Crippen LogP contribution < -0.4 is 5.32 Å². The number of aryl methyl sites for hydroxylation is 2. The molecule has 2 N–H and O–H groups in total. The van der Waals surface area contributed by atoms with Crippen molar-refractivity contribution in [1.29, 1.82) is 5.41 Å². The molecule has 0 saturated carbocycles. The molecule has 11 aromatic rings. The lowest BCUT2D eigenvalue weighted by Crippen LogP contribution is -2.30. The minimum absolute atomic E-state index is 0.215. The van der Waals surface area contributed by atoms with Crippen LogP contribution in [-0.4, -0.2) is 10.4 Å². The Morgan fingerprint density at radius 3 is 2.10 bits per heavy atom. The highest BCUT2D eigenvalue weighted by atomic mass is 16.3. The predicted octanol–water partition coefficient (Wildman–Crippen LogP) is 14.6. The second-order valence-corrected chi connectivity index (χ2v) is 16.4. The summed E-state index contributed by atoms with van der Waals surface area (Å²) >= 11 is 0. The lowest BCUT2D eigenvalue weighted by Gasteiger charge is -2.25. The quantitative estimate of drug-likeness (QED) is 0.130. The van der Waals surface area contributed by atoms with Crippen LogP contribution in [0.1, 0.15) is 46.0 Å². The smallest absolute Gasteiger partial charge is 0.160 e. The molecule has 0 spiro atoms. The molecule has 0 radical (unpaired) electrons. The number of fused-ring (bicyclic) bond motifs is 13. The fraction of sp³-hybridized carbons (Fsp3) is 0.0702. The molecule has 2 heterocycles. The van der Waals surface area contributed by atoms with E-state index < -0.39 is 0 Å². The molecule has 1 unspecified atom stereocenters. The standard InChI is InChI=1S/C57H41N3O/c1-35-29-30-36-15-5-7-23-43(36)50(35)53(38-17-3-2-4-18-38)59-57(58)41-21-13-19-39(33-41)40-20-14-22-42(34-40)60-54-44-24-8-6-16-37(44)31-32-48(54)51-45-25-9-10-26-46(45)52-47-27-11-12-28-49(47)61-56(52)55(51)60/h2-11,13-27,29-34,53H,12,28H2,1H3,(H2,58,59). The summed E-state index contributed by atoms with van der Waals surface area (Å²) in [5, 5.41) is 24.1. The number of hydrogen-bond donors (Lipinski definition) is 2. The number of aromatic nitrogens is 1. The van der Waals surface area contributed by atoms with Crippen LogP contribution in [0.5, 0.6) is 0 Å². The van der Waals surface area contributed by atoms with Crippen molar-refractivity contribution in [2.75, 3.05) is 0 Å². The van der Waals surface area contributed by atoms with Crippen LogP contribution in [0.4, 0.5) is 0 Å². The Morgan fingerprint density at radius 1 is 0.607 bits per heavy atom. The summed E-state index contributed by atoms with van der Waals surface area (Å²) in [6.45, 7) is 2.17. The highest BCUT2D eigenvalue weighted by molar-refractivity contribution is 6.34. The third kappa shape index (κ3) is 5.56. The molecule has 0 aliphatic heterocycles. The molecule has 1 aliphatic carbocycles. The minimum Gasteiger partial charge on any atom is -0.458 e. The Bertz CT molecular complexity index is 3610. The van der Waals surface area contributed by atoms with E-state index in [0.29, 0.717) is 5.84 Å². The first-order chi connectivity index (χ1) is 30.1. The normalized spacial score (nSPS) is 13.1. The predicted molar refractivity (Wildman–Crippen MR) is 255 cm³/mol. The van der Waals surface area contributed by atoms with E-state index in [9.17, 15) is 5.41 Å². The van der Waals surface area contributed by atoms with Gasteiger partial charge < -0.3 is 14.3 Å². The number of nitrogens with zero attached hydrogens (tertiary/aromatic N) is 1. The van der Waals surface area contributed by atoms with E-state index in [-0.39, 0.29) is 6.04 Å². The van der Waals surface area contributed by atoms with Crippen LogP contribution in [0.25, 0.3) is 88.0 Å². The highest BCUT2D eigenvalue weighted by Gasteiger charge is 2.26. The van der Waals surface area contributed by atoms with E-state index in [1.54, 1.807) is 0 Å². The van der Waals surface area contributed by atoms with E-state index in [1.807, 2.05) is 12.1 Å². The van der Waals surface area contributed by atoms with Crippen molar-refractivity contribution >= 4 is 77.0 Å². The summed E-state index contributed by atoms with van der Waals surface area (Å²) in [5.41, 5.74) is 11.9. The van der Waals surface area contributed by atoms with Crippen LogP contribution in [0.2, 0.25) is 0 Å². The molecule has 1 atom stereocenters. The van der Waals surface area contributed by atoms with Crippen molar-refractivity contribution in [2.45, 2.75) is 25.8 Å². The van der Waals surface area contributed by atoms with E-state index in [2.05, 4.69) is 193 Å². The number of amidine groups is 1. The highest BCUT2D eigenvalue weighted by Crippen LogP contribution is 2.47. The lowest BCUT2D eigenvalue weighted by atomic mass is 9.90. The molecule has 4 heteroatoms. The first-order valence-electron chi connectivity index (χ1n) is 21.2. The summed E-state index contributed by atoms with van der Waals surface area (Å²) < 4.78 is 9.45. The van der Waals surface area contributed by atoms with Crippen molar-refractivity contribution in [3.05, 3.63) is 216 Å². The maximum atomic E-state index is 9.58. The van der Waals surface area contributed by atoms with Crippen molar-refractivity contribution in [2.24, 2.45) is 0 Å². The molecule has 290 valence electrons. The maximum Gasteiger partial charge on any atom is 0.160 e. The SMILES string of the molecule is Cc1ccc2ccccc2c1C(NC(=N)c1cccc(-c2cccc(-n3c4c5ccccc5ccc4c4c5ccccc5c5c6c(oc5c43)CCC=C6)c2)c1)c1ccccc1. The summed E-state index contributed by atoms with van der Waals surface area (Å²) in [5.74, 6) is 1.43. The topological polar surface area (TPSA) is 54.0 Å². The maximum absolute atomic E-state index is 9.58. The molecular weight excluding hydrogens is 743 g/mol. The van der Waals surface area contributed by atoms with Gasteiger partial charge in [-0.3, -0.25) is 5.41 Å². The van der Waals surface area contributed by atoms with Crippen LogP contribution >= 0.6 is 0 Å². The van der Waals surface area contributed by atoms with Gasteiger partial charge in [0, 0.05) is 44.8 Å². The van der Waals surface area contributed by atoms with Crippen LogP contribution in [-0.2, 0) is 6.42 Å². The zero-order valence-electron chi connectivity index (χ0n) is 33.7. The lowest BCUT2D eigenvalue weighted by molar-refractivity contribution is 0.548. The molecule has 2 aromatic heterocycles. The molecule has 0 amide bonds. The van der Waals surface area contributed by atoms with Gasteiger partial charge in [0.2, 0.25) is 0 Å². The Labute approximate surface area is 353 Å². The average molecular weight is 784 g/mol. The monoisotopic (exact) mass is 783 g/mol. The molecular formula is C57H41N3O. The Morgan fingerprint density at radius 2 is 1.28 bits per heavy atom. The average Bonchev–Trinajstić information content (AvgIpc) is 3.89. The van der Waals surface area contributed by atoms with Crippen molar-refractivity contribution in [3.63, 3.8) is 0 Å². The molecule has 12 rings (SSSR count). The fourth-order valence-electron chi connectivity index (χ4n) is 10.1. The van der Waals surface area contributed by atoms with Gasteiger partial charge in [-0.05, 0) is 86.3 Å². The van der Waals surface area contributed by atoms with Gasteiger partial charge in [0.05, 0.1) is 17.1 Å². The van der Waals surface area contributed by atoms with Crippen LogP contribution in [0, 0.1) is 12.3 Å². The molecule has 1 aliphatic rings. The van der Waals surface area contributed by atoms with Gasteiger partial charge in [-0.25, -0.2) is 0 Å². The van der Waals surface area contributed by atoms with Gasteiger partial charge in [0.1, 0.15) is 11.6 Å². The summed E-state index contributed by atoms with van der Waals surface area (Å²) in [6, 6.07) is 62.6. The summed E-state index contributed by atoms with van der Waals surface area (Å²) in [4.78, 5) is 0.